The van der Waals surface area contributed by atoms with Crippen molar-refractivity contribution in [2.45, 2.75) is 46.2 Å². The van der Waals surface area contributed by atoms with Gasteiger partial charge in [-0.15, -0.1) is 6.58 Å². The maximum Gasteiger partial charge on any atom is 0.332 e. The van der Waals surface area contributed by atoms with Crippen molar-refractivity contribution < 1.29 is 0 Å². The third-order valence-corrected chi connectivity index (χ3v) is 4.70. The van der Waals surface area contributed by atoms with Crippen LogP contribution in [0.15, 0.2) is 27.3 Å². The molecule has 0 saturated carbocycles. The minimum atomic E-state index is -0.332. The summed E-state index contributed by atoms with van der Waals surface area (Å²) in [7, 11) is 1.65. The Kier molecular flexibility index (Phi) is 4.36. The van der Waals surface area contributed by atoms with E-state index >= 15 is 0 Å². The molecule has 3 heterocycles. The number of hydrogen-bond acceptors (Lipinski definition) is 5. The lowest BCUT2D eigenvalue weighted by Crippen LogP contribution is -2.40. The molecule has 2 aromatic heterocycles. The van der Waals surface area contributed by atoms with Gasteiger partial charge < -0.3 is 0 Å². The van der Waals surface area contributed by atoms with Crippen LogP contribution < -0.4 is 16.3 Å². The topological polar surface area (TPSA) is 77.4 Å². The van der Waals surface area contributed by atoms with Gasteiger partial charge in [0, 0.05) is 13.6 Å². The lowest BCUT2D eigenvalue weighted by Gasteiger charge is -2.28. The summed E-state index contributed by atoms with van der Waals surface area (Å²) >= 11 is 0. The molecule has 0 amide bonds. The second-order valence-electron chi connectivity index (χ2n) is 6.39. The molecule has 3 rings (SSSR count). The van der Waals surface area contributed by atoms with Gasteiger partial charge in [-0.3, -0.25) is 18.5 Å². The fraction of sp³-hybridized carbons (Fsp3) is 0.529. The predicted octanol–water partition coefficient (Wildman–Crippen LogP) is 1.64. The van der Waals surface area contributed by atoms with Crippen LogP contribution in [0.5, 0.6) is 0 Å². The number of hydrazone groups is 1. The molecule has 1 unspecified atom stereocenters. The Bertz CT molecular complexity index is 978. The highest BCUT2D eigenvalue weighted by Crippen LogP contribution is 2.29. The smallest absolute Gasteiger partial charge is 0.294 e. The summed E-state index contributed by atoms with van der Waals surface area (Å²) in [4.78, 5) is 30.2. The zero-order chi connectivity index (χ0) is 18.3. The first-order valence-corrected chi connectivity index (χ1v) is 8.57. The first-order chi connectivity index (χ1) is 11.9. The highest BCUT2D eigenvalue weighted by atomic mass is 16.2. The summed E-state index contributed by atoms with van der Waals surface area (Å²) in [5.41, 5.74) is 1.10. The van der Waals surface area contributed by atoms with Gasteiger partial charge in [0.05, 0.1) is 18.3 Å². The largest absolute Gasteiger partial charge is 0.332 e. The number of hydrogen-bond donors (Lipinski definition) is 0. The van der Waals surface area contributed by atoms with E-state index in [0.29, 0.717) is 30.2 Å². The van der Waals surface area contributed by atoms with Crippen LogP contribution in [0.3, 0.4) is 0 Å². The molecule has 0 aliphatic carbocycles. The second kappa shape index (κ2) is 6.34. The zero-order valence-electron chi connectivity index (χ0n) is 15.2. The van der Waals surface area contributed by atoms with Crippen molar-refractivity contribution in [2.24, 2.45) is 12.1 Å². The van der Waals surface area contributed by atoms with Gasteiger partial charge in [0.2, 0.25) is 5.95 Å². The minimum absolute atomic E-state index is 0.106. The Balaban J connectivity index is 2.36. The standard InChI is InChI=1S/C17H24N6O2/c1-6-8-10-21-15(24)13-14(20(5)17(21)25)18-16-22(9-7-2)19-11(3)12(4)23(13)16/h7,12H,2,6,8-10H2,1,3-5H3. The third kappa shape index (κ3) is 2.52. The van der Waals surface area contributed by atoms with Crippen LogP contribution in [0.1, 0.15) is 39.7 Å². The van der Waals surface area contributed by atoms with Gasteiger partial charge in [-0.2, -0.15) is 10.1 Å². The molecule has 0 radical (unpaired) electrons. The highest BCUT2D eigenvalue weighted by Gasteiger charge is 2.30. The normalized spacial score (nSPS) is 16.9. The molecule has 0 spiro atoms. The van der Waals surface area contributed by atoms with Crippen molar-refractivity contribution in [3.63, 3.8) is 0 Å². The minimum Gasteiger partial charge on any atom is -0.294 e. The van der Waals surface area contributed by atoms with E-state index in [2.05, 4.69) is 16.7 Å². The van der Waals surface area contributed by atoms with E-state index < -0.39 is 0 Å². The molecule has 134 valence electrons. The number of unbranched alkanes of at least 4 members (excludes halogenated alkanes) is 1. The van der Waals surface area contributed by atoms with Gasteiger partial charge in [0.1, 0.15) is 0 Å². The van der Waals surface area contributed by atoms with E-state index in [-0.39, 0.29) is 17.3 Å². The summed E-state index contributed by atoms with van der Waals surface area (Å²) in [5.74, 6) is 0.563. The summed E-state index contributed by atoms with van der Waals surface area (Å²) in [6, 6.07) is -0.106. The van der Waals surface area contributed by atoms with Crippen molar-refractivity contribution in [1.29, 1.82) is 0 Å². The highest BCUT2D eigenvalue weighted by molar-refractivity contribution is 5.91. The second-order valence-corrected chi connectivity index (χ2v) is 6.39. The van der Waals surface area contributed by atoms with E-state index in [1.165, 1.54) is 9.13 Å². The van der Waals surface area contributed by atoms with Crippen molar-refractivity contribution in [3.05, 3.63) is 33.5 Å². The molecule has 0 N–H and O–H groups in total. The summed E-state index contributed by atoms with van der Waals surface area (Å²) in [5, 5.41) is 6.25. The van der Waals surface area contributed by atoms with Gasteiger partial charge in [-0.25, -0.2) is 9.80 Å². The SMILES string of the molecule is C=CCN1N=C(C)C(C)n2c1nc1c2c(=O)n(CCCC)c(=O)n1C. The molecule has 0 aromatic carbocycles. The molecule has 0 bridgehead atoms. The van der Waals surface area contributed by atoms with Gasteiger partial charge in [-0.1, -0.05) is 19.4 Å². The van der Waals surface area contributed by atoms with Crippen molar-refractivity contribution >= 4 is 22.8 Å². The van der Waals surface area contributed by atoms with Gasteiger partial charge >= 0.3 is 5.69 Å². The molecule has 0 saturated heterocycles. The molecule has 1 aliphatic rings. The molecule has 8 heteroatoms. The Morgan fingerprint density at radius 2 is 2.04 bits per heavy atom. The van der Waals surface area contributed by atoms with Crippen LogP contribution in [0.25, 0.3) is 11.2 Å². The van der Waals surface area contributed by atoms with Crippen molar-refractivity contribution in [1.82, 2.24) is 18.7 Å². The number of fused-ring (bicyclic) bond motifs is 3. The number of imidazole rings is 1. The number of anilines is 1. The Labute approximate surface area is 145 Å². The number of aromatic nitrogens is 4. The maximum atomic E-state index is 13.1. The van der Waals surface area contributed by atoms with Crippen LogP contribution in [-0.2, 0) is 13.6 Å². The molecule has 2 aromatic rings. The molecular formula is C17H24N6O2. The Hall–Kier alpha value is -2.64. The molecular weight excluding hydrogens is 320 g/mol. The van der Waals surface area contributed by atoms with Gasteiger partial charge in [-0.05, 0) is 20.3 Å². The summed E-state index contributed by atoms with van der Waals surface area (Å²) in [6.45, 7) is 10.6. The lowest BCUT2D eigenvalue weighted by molar-refractivity contribution is 0.563. The average Bonchev–Trinajstić information content (AvgIpc) is 2.99. The zero-order valence-corrected chi connectivity index (χ0v) is 15.2. The first kappa shape index (κ1) is 17.2. The summed E-state index contributed by atoms with van der Waals surface area (Å²) < 4.78 is 4.64. The van der Waals surface area contributed by atoms with Crippen molar-refractivity contribution in [3.8, 4) is 0 Å². The number of aryl methyl sites for hydroxylation is 1. The van der Waals surface area contributed by atoms with Gasteiger partial charge in [0.25, 0.3) is 5.56 Å². The molecule has 1 atom stereocenters. The average molecular weight is 344 g/mol. The van der Waals surface area contributed by atoms with Crippen LogP contribution in [-0.4, -0.2) is 30.9 Å². The van der Waals surface area contributed by atoms with E-state index in [1.54, 1.807) is 18.1 Å². The quantitative estimate of drug-likeness (QED) is 0.773. The van der Waals surface area contributed by atoms with E-state index in [0.717, 1.165) is 18.6 Å². The monoisotopic (exact) mass is 344 g/mol. The lowest BCUT2D eigenvalue weighted by atomic mass is 10.2. The fourth-order valence-electron chi connectivity index (χ4n) is 3.14. The van der Waals surface area contributed by atoms with E-state index in [1.807, 2.05) is 25.3 Å². The van der Waals surface area contributed by atoms with Crippen LogP contribution in [0.4, 0.5) is 5.95 Å². The van der Waals surface area contributed by atoms with Crippen molar-refractivity contribution in [2.75, 3.05) is 11.6 Å². The van der Waals surface area contributed by atoms with Crippen LogP contribution in [0, 0.1) is 0 Å². The fourth-order valence-corrected chi connectivity index (χ4v) is 3.14. The Morgan fingerprint density at radius 3 is 2.68 bits per heavy atom. The van der Waals surface area contributed by atoms with Gasteiger partial charge in [0.15, 0.2) is 11.2 Å². The first-order valence-electron chi connectivity index (χ1n) is 8.57. The van der Waals surface area contributed by atoms with E-state index in [9.17, 15) is 9.59 Å². The molecule has 8 nitrogen and oxygen atoms in total. The number of rotatable bonds is 5. The number of nitrogens with zero attached hydrogens (tertiary/aromatic N) is 6. The molecule has 0 fully saturated rings. The third-order valence-electron chi connectivity index (χ3n) is 4.70. The predicted molar refractivity (Wildman–Crippen MR) is 99.5 cm³/mol. The summed E-state index contributed by atoms with van der Waals surface area (Å²) in [6.07, 6.45) is 3.42. The molecule has 1 aliphatic heterocycles. The van der Waals surface area contributed by atoms with Crippen LogP contribution >= 0.6 is 0 Å². The maximum absolute atomic E-state index is 13.1. The van der Waals surface area contributed by atoms with E-state index in [4.69, 9.17) is 0 Å². The Morgan fingerprint density at radius 1 is 1.32 bits per heavy atom. The molecule has 25 heavy (non-hydrogen) atoms. The van der Waals surface area contributed by atoms with Crippen LogP contribution in [0.2, 0.25) is 0 Å².